The van der Waals surface area contributed by atoms with E-state index < -0.39 is 0 Å². The summed E-state index contributed by atoms with van der Waals surface area (Å²) >= 11 is 6.57. The van der Waals surface area contributed by atoms with Crippen LogP contribution in [-0.4, -0.2) is 66.0 Å². The van der Waals surface area contributed by atoms with Crippen LogP contribution in [0.3, 0.4) is 0 Å². The third-order valence-corrected chi connectivity index (χ3v) is 7.77. The van der Waals surface area contributed by atoms with Gasteiger partial charge in [-0.05, 0) is 56.4 Å². The first-order chi connectivity index (χ1) is 13.7. The number of likely N-dealkylation sites (tertiary alicyclic amines) is 1. The zero-order valence-electron chi connectivity index (χ0n) is 16.7. The zero-order chi connectivity index (χ0) is 19.1. The van der Waals surface area contributed by atoms with Crippen LogP contribution in [0, 0.1) is 11.8 Å². The molecule has 2 aliphatic heterocycles. The van der Waals surface area contributed by atoms with Gasteiger partial charge >= 0.3 is 0 Å². The van der Waals surface area contributed by atoms with Gasteiger partial charge in [-0.3, -0.25) is 9.69 Å². The van der Waals surface area contributed by atoms with Gasteiger partial charge in [0.05, 0.1) is 10.6 Å². The lowest BCUT2D eigenvalue weighted by atomic mass is 9.93. The molecule has 0 N–H and O–H groups in total. The van der Waals surface area contributed by atoms with Crippen molar-refractivity contribution in [2.75, 3.05) is 44.2 Å². The number of hydrogen-bond donors (Lipinski definition) is 0. The van der Waals surface area contributed by atoms with Gasteiger partial charge in [0.2, 0.25) is 0 Å². The summed E-state index contributed by atoms with van der Waals surface area (Å²) in [6.45, 7) is 5.84. The molecule has 0 aromatic carbocycles. The summed E-state index contributed by atoms with van der Waals surface area (Å²) in [6, 6.07) is 2.64. The fourth-order valence-electron chi connectivity index (χ4n) is 5.98. The maximum atomic E-state index is 12.7. The Hall–Kier alpha value is -1.33. The number of pyridine rings is 1. The molecule has 3 heterocycles. The van der Waals surface area contributed by atoms with E-state index in [-0.39, 0.29) is 5.91 Å². The molecule has 2 bridgehead atoms. The first-order valence-corrected chi connectivity index (χ1v) is 11.5. The van der Waals surface area contributed by atoms with Crippen LogP contribution in [0.2, 0.25) is 5.02 Å². The van der Waals surface area contributed by atoms with Crippen molar-refractivity contribution in [2.45, 2.75) is 51.0 Å². The third-order valence-electron chi connectivity index (χ3n) is 7.50. The molecule has 0 radical (unpaired) electrons. The van der Waals surface area contributed by atoms with E-state index in [0.29, 0.717) is 10.6 Å². The number of aromatic nitrogens is 1. The van der Waals surface area contributed by atoms with Gasteiger partial charge < -0.3 is 9.80 Å². The minimum absolute atomic E-state index is 0.0711. The largest absolute Gasteiger partial charge is 0.353 e. The molecular weight excluding hydrogens is 372 g/mol. The van der Waals surface area contributed by atoms with Crippen LogP contribution in [-0.2, 0) is 0 Å². The number of nitrogens with zero attached hydrogens (tertiary/aromatic N) is 4. The average Bonchev–Trinajstić information content (AvgIpc) is 3.38. The number of amides is 1. The Morgan fingerprint density at radius 2 is 1.79 bits per heavy atom. The zero-order valence-corrected chi connectivity index (χ0v) is 17.4. The molecule has 0 spiro atoms. The number of anilines is 1. The molecule has 28 heavy (non-hydrogen) atoms. The predicted molar refractivity (Wildman–Crippen MR) is 112 cm³/mol. The highest BCUT2D eigenvalue weighted by Gasteiger charge is 2.42. The van der Waals surface area contributed by atoms with Gasteiger partial charge in [-0.2, -0.15) is 0 Å². The SMILES string of the molecule is O=C(c1cnc(N2CCN(C3CC4CCC3C4)CC2)c(Cl)c1)N1CCCCC1. The second-order valence-corrected chi connectivity index (χ2v) is 9.55. The van der Waals surface area contributed by atoms with Crippen molar-refractivity contribution in [3.05, 3.63) is 22.8 Å². The van der Waals surface area contributed by atoms with E-state index in [4.69, 9.17) is 11.6 Å². The summed E-state index contributed by atoms with van der Waals surface area (Å²) in [7, 11) is 0. The van der Waals surface area contributed by atoms with Crippen molar-refractivity contribution in [3.63, 3.8) is 0 Å². The van der Waals surface area contributed by atoms with E-state index in [1.165, 1.54) is 32.1 Å². The lowest BCUT2D eigenvalue weighted by Gasteiger charge is -2.41. The molecule has 1 aromatic rings. The van der Waals surface area contributed by atoms with Gasteiger partial charge in [0, 0.05) is 51.5 Å². The van der Waals surface area contributed by atoms with E-state index in [1.54, 1.807) is 6.20 Å². The number of carbonyl (C=O) groups is 1. The van der Waals surface area contributed by atoms with Gasteiger partial charge in [0.25, 0.3) is 5.91 Å². The van der Waals surface area contributed by atoms with Gasteiger partial charge in [-0.15, -0.1) is 0 Å². The number of piperidine rings is 1. The van der Waals surface area contributed by atoms with Crippen molar-refractivity contribution in [1.29, 1.82) is 0 Å². The summed E-state index contributed by atoms with van der Waals surface area (Å²) in [4.78, 5) is 24.2. The maximum Gasteiger partial charge on any atom is 0.255 e. The first-order valence-electron chi connectivity index (χ1n) is 11.1. The number of fused-ring (bicyclic) bond motifs is 2. The summed E-state index contributed by atoms with van der Waals surface area (Å²) in [5, 5.41) is 0.608. The van der Waals surface area contributed by atoms with Crippen LogP contribution in [0.15, 0.2) is 12.3 Å². The molecule has 5 rings (SSSR count). The van der Waals surface area contributed by atoms with Crippen LogP contribution in [0.4, 0.5) is 5.82 Å². The highest BCUT2D eigenvalue weighted by molar-refractivity contribution is 6.33. The molecule has 6 heteroatoms. The smallest absolute Gasteiger partial charge is 0.255 e. The van der Waals surface area contributed by atoms with E-state index in [0.717, 1.165) is 75.8 Å². The quantitative estimate of drug-likeness (QED) is 0.773. The van der Waals surface area contributed by atoms with Crippen LogP contribution >= 0.6 is 11.6 Å². The standard InChI is InChI=1S/C22H31ClN4O/c23-19-14-18(22(28)27-6-2-1-3-7-27)15-24-21(19)26-10-8-25(9-11-26)20-13-16-4-5-17(20)12-16/h14-17,20H,1-13H2. The summed E-state index contributed by atoms with van der Waals surface area (Å²) in [5.41, 5.74) is 0.622. The lowest BCUT2D eigenvalue weighted by Crippen LogP contribution is -2.52. The molecule has 3 unspecified atom stereocenters. The number of halogens is 1. The lowest BCUT2D eigenvalue weighted by molar-refractivity contribution is 0.0724. The maximum absolute atomic E-state index is 12.7. The highest BCUT2D eigenvalue weighted by Crippen LogP contribution is 2.46. The molecule has 1 aromatic heterocycles. The molecule has 5 nitrogen and oxygen atoms in total. The Labute approximate surface area is 173 Å². The van der Waals surface area contributed by atoms with Crippen LogP contribution < -0.4 is 4.90 Å². The molecule has 2 saturated heterocycles. The molecule has 4 fully saturated rings. The van der Waals surface area contributed by atoms with E-state index in [2.05, 4.69) is 14.8 Å². The molecule has 4 aliphatic rings. The van der Waals surface area contributed by atoms with Crippen LogP contribution in [0.5, 0.6) is 0 Å². The van der Waals surface area contributed by atoms with Crippen molar-refractivity contribution >= 4 is 23.3 Å². The summed E-state index contributed by atoms with van der Waals surface area (Å²) < 4.78 is 0. The summed E-state index contributed by atoms with van der Waals surface area (Å²) in [5.74, 6) is 2.85. The molecule has 2 saturated carbocycles. The number of piperazine rings is 1. The van der Waals surface area contributed by atoms with Gasteiger partial charge in [-0.25, -0.2) is 4.98 Å². The van der Waals surface area contributed by atoms with Crippen molar-refractivity contribution in [3.8, 4) is 0 Å². The predicted octanol–water partition coefficient (Wildman–Crippen LogP) is 3.67. The highest BCUT2D eigenvalue weighted by atomic mass is 35.5. The Balaban J connectivity index is 1.21. The average molecular weight is 403 g/mol. The molecule has 152 valence electrons. The molecular formula is C22H31ClN4O. The van der Waals surface area contributed by atoms with E-state index in [1.807, 2.05) is 11.0 Å². The van der Waals surface area contributed by atoms with Crippen LogP contribution in [0.1, 0.15) is 55.3 Å². The molecule has 2 aliphatic carbocycles. The Morgan fingerprint density at radius 3 is 2.43 bits per heavy atom. The fraction of sp³-hybridized carbons (Fsp3) is 0.727. The van der Waals surface area contributed by atoms with Crippen molar-refractivity contribution in [2.24, 2.45) is 11.8 Å². The fourth-order valence-corrected chi connectivity index (χ4v) is 6.27. The minimum atomic E-state index is 0.0711. The Kier molecular flexibility index (Phi) is 5.22. The first kappa shape index (κ1) is 18.7. The van der Waals surface area contributed by atoms with E-state index in [9.17, 15) is 4.79 Å². The number of carbonyl (C=O) groups excluding carboxylic acids is 1. The summed E-state index contributed by atoms with van der Waals surface area (Å²) in [6.07, 6.45) is 10.9. The van der Waals surface area contributed by atoms with Gasteiger partial charge in [0.15, 0.2) is 0 Å². The van der Waals surface area contributed by atoms with E-state index >= 15 is 0 Å². The molecule has 1 amide bonds. The monoisotopic (exact) mass is 402 g/mol. The Bertz CT molecular complexity index is 727. The van der Waals surface area contributed by atoms with Crippen molar-refractivity contribution in [1.82, 2.24) is 14.8 Å². The minimum Gasteiger partial charge on any atom is -0.353 e. The van der Waals surface area contributed by atoms with Gasteiger partial charge in [-0.1, -0.05) is 18.0 Å². The van der Waals surface area contributed by atoms with Crippen molar-refractivity contribution < 1.29 is 4.79 Å². The number of rotatable bonds is 3. The van der Waals surface area contributed by atoms with Gasteiger partial charge in [0.1, 0.15) is 5.82 Å². The second kappa shape index (κ2) is 7.83. The molecule has 3 atom stereocenters. The second-order valence-electron chi connectivity index (χ2n) is 9.15. The normalized spacial score (nSPS) is 30.8. The number of hydrogen-bond acceptors (Lipinski definition) is 4. The topological polar surface area (TPSA) is 39.7 Å². The van der Waals surface area contributed by atoms with Crippen LogP contribution in [0.25, 0.3) is 0 Å². The third kappa shape index (κ3) is 3.52. The Morgan fingerprint density at radius 1 is 1.00 bits per heavy atom.